The lowest BCUT2D eigenvalue weighted by molar-refractivity contribution is 0.0341. The first-order chi connectivity index (χ1) is 4.12. The number of hydrogen-bond acceptors (Lipinski definition) is 2. The summed E-state index contributed by atoms with van der Waals surface area (Å²) in [5.74, 6) is 0. The van der Waals surface area contributed by atoms with E-state index in [4.69, 9.17) is 9.47 Å². The molecule has 0 spiro atoms. The van der Waals surface area contributed by atoms with Crippen LogP contribution in [0.4, 0.5) is 0 Å². The quantitative estimate of drug-likeness (QED) is 0.574. The Morgan fingerprint density at radius 2 is 1.33 bits per heavy atom. The van der Waals surface area contributed by atoms with Gasteiger partial charge in [-0.15, -0.1) is 0 Å². The molecule has 0 bridgehead atoms. The third-order valence-corrected chi connectivity index (χ3v) is 1.07. The maximum atomic E-state index is 4.98. The van der Waals surface area contributed by atoms with Crippen molar-refractivity contribution in [3.8, 4) is 0 Å². The van der Waals surface area contributed by atoms with Crippen LogP contribution in [0, 0.1) is 5.41 Å². The second-order valence-corrected chi connectivity index (χ2v) is 3.03. The molecule has 0 saturated heterocycles. The number of rotatable bonds is 4. The molecule has 0 N–H and O–H groups in total. The molecule has 0 atom stereocenters. The summed E-state index contributed by atoms with van der Waals surface area (Å²) in [6.45, 7) is 5.72. The Bertz CT molecular complexity index is 61.3. The van der Waals surface area contributed by atoms with Crippen LogP contribution < -0.4 is 0 Å². The van der Waals surface area contributed by atoms with Crippen LogP contribution in [0.2, 0.25) is 0 Å². The molecule has 0 fully saturated rings. The summed E-state index contributed by atoms with van der Waals surface area (Å²) in [4.78, 5) is 0. The molecular weight excluding hydrogens is 116 g/mol. The molecule has 0 aliphatic carbocycles. The van der Waals surface area contributed by atoms with Crippen molar-refractivity contribution >= 4 is 0 Å². The number of ether oxygens (including phenoxy) is 2. The van der Waals surface area contributed by atoms with Gasteiger partial charge in [-0.3, -0.25) is 0 Å². The molecule has 0 radical (unpaired) electrons. The van der Waals surface area contributed by atoms with E-state index in [0.29, 0.717) is 0 Å². The van der Waals surface area contributed by atoms with Crippen molar-refractivity contribution in [3.05, 3.63) is 0 Å². The van der Waals surface area contributed by atoms with Crippen LogP contribution in [0.3, 0.4) is 0 Å². The fraction of sp³-hybridized carbons (Fsp3) is 1.00. The first-order valence-corrected chi connectivity index (χ1v) is 3.10. The average Bonchev–Trinajstić information content (AvgIpc) is 1.64. The Labute approximate surface area is 57.2 Å². The molecule has 0 rings (SSSR count). The number of methoxy groups -OCH3 is 2. The second-order valence-electron chi connectivity index (χ2n) is 3.03. The van der Waals surface area contributed by atoms with E-state index in [2.05, 4.69) is 13.8 Å². The molecule has 0 aliphatic heterocycles. The van der Waals surface area contributed by atoms with Crippen molar-refractivity contribution in [3.63, 3.8) is 0 Å². The molecular formula is C7H16O2. The number of hydrogen-bond donors (Lipinski definition) is 0. The van der Waals surface area contributed by atoms with Crippen molar-refractivity contribution in [2.75, 3.05) is 27.4 Å². The molecule has 0 amide bonds. The van der Waals surface area contributed by atoms with Gasteiger partial charge in [0.15, 0.2) is 0 Å². The Morgan fingerprint density at radius 1 is 1.00 bits per heavy atom. The molecule has 0 aromatic rings. The predicted octanol–water partition coefficient (Wildman–Crippen LogP) is 1.31. The molecule has 2 heteroatoms. The SMILES string of the molecule is COCC(C)(C)COC. The summed E-state index contributed by atoms with van der Waals surface area (Å²) >= 11 is 0. The zero-order valence-corrected chi connectivity index (χ0v) is 6.73. The maximum Gasteiger partial charge on any atom is 0.0535 e. The van der Waals surface area contributed by atoms with Crippen molar-refractivity contribution in [1.82, 2.24) is 0 Å². The lowest BCUT2D eigenvalue weighted by Crippen LogP contribution is -2.23. The lowest BCUT2D eigenvalue weighted by Gasteiger charge is -2.21. The fourth-order valence-electron chi connectivity index (χ4n) is 0.823. The van der Waals surface area contributed by atoms with Crippen LogP contribution in [-0.2, 0) is 9.47 Å². The van der Waals surface area contributed by atoms with Crippen LogP contribution in [-0.4, -0.2) is 27.4 Å². The smallest absolute Gasteiger partial charge is 0.0535 e. The fourth-order valence-corrected chi connectivity index (χ4v) is 0.823. The average molecular weight is 132 g/mol. The molecule has 0 aromatic heterocycles. The van der Waals surface area contributed by atoms with Gasteiger partial charge in [0, 0.05) is 19.6 Å². The third kappa shape index (κ3) is 4.43. The largest absolute Gasteiger partial charge is 0.384 e. The van der Waals surface area contributed by atoms with Gasteiger partial charge < -0.3 is 9.47 Å². The summed E-state index contributed by atoms with van der Waals surface area (Å²) in [6, 6.07) is 0. The highest BCUT2D eigenvalue weighted by atomic mass is 16.5. The zero-order valence-electron chi connectivity index (χ0n) is 6.73. The monoisotopic (exact) mass is 132 g/mol. The highest BCUT2D eigenvalue weighted by Crippen LogP contribution is 2.14. The van der Waals surface area contributed by atoms with Crippen LogP contribution in [0.25, 0.3) is 0 Å². The summed E-state index contributed by atoms with van der Waals surface area (Å²) < 4.78 is 9.96. The van der Waals surface area contributed by atoms with Gasteiger partial charge in [-0.2, -0.15) is 0 Å². The van der Waals surface area contributed by atoms with E-state index in [9.17, 15) is 0 Å². The molecule has 0 saturated carbocycles. The van der Waals surface area contributed by atoms with E-state index in [1.54, 1.807) is 14.2 Å². The molecule has 0 heterocycles. The van der Waals surface area contributed by atoms with E-state index in [0.717, 1.165) is 13.2 Å². The maximum absolute atomic E-state index is 4.98. The molecule has 56 valence electrons. The summed E-state index contributed by atoms with van der Waals surface area (Å²) in [5.41, 5.74) is 0.156. The van der Waals surface area contributed by atoms with Crippen molar-refractivity contribution < 1.29 is 9.47 Å². The highest BCUT2D eigenvalue weighted by molar-refractivity contribution is 4.65. The molecule has 9 heavy (non-hydrogen) atoms. The standard InChI is InChI=1S/C7H16O2/c1-7(2,5-8-3)6-9-4/h5-6H2,1-4H3. The van der Waals surface area contributed by atoms with E-state index < -0.39 is 0 Å². The van der Waals surface area contributed by atoms with Gasteiger partial charge in [-0.05, 0) is 0 Å². The first kappa shape index (κ1) is 8.92. The Kier molecular flexibility index (Phi) is 3.82. The molecule has 0 aliphatic rings. The van der Waals surface area contributed by atoms with Gasteiger partial charge in [0.25, 0.3) is 0 Å². The van der Waals surface area contributed by atoms with Gasteiger partial charge in [0.05, 0.1) is 13.2 Å². The van der Waals surface area contributed by atoms with Crippen LogP contribution in [0.15, 0.2) is 0 Å². The van der Waals surface area contributed by atoms with Crippen molar-refractivity contribution in [2.45, 2.75) is 13.8 Å². The van der Waals surface area contributed by atoms with E-state index in [-0.39, 0.29) is 5.41 Å². The summed E-state index contributed by atoms with van der Waals surface area (Å²) in [7, 11) is 3.41. The molecule has 2 nitrogen and oxygen atoms in total. The summed E-state index contributed by atoms with van der Waals surface area (Å²) in [5, 5.41) is 0. The van der Waals surface area contributed by atoms with Gasteiger partial charge in [0.1, 0.15) is 0 Å². The minimum absolute atomic E-state index is 0.156. The minimum atomic E-state index is 0.156. The third-order valence-electron chi connectivity index (χ3n) is 1.07. The van der Waals surface area contributed by atoms with Gasteiger partial charge >= 0.3 is 0 Å². The van der Waals surface area contributed by atoms with E-state index in [1.807, 2.05) is 0 Å². The Hall–Kier alpha value is -0.0800. The zero-order chi connectivity index (χ0) is 7.33. The first-order valence-electron chi connectivity index (χ1n) is 3.10. The normalized spacial score (nSPS) is 12.0. The molecule has 0 aromatic carbocycles. The Balaban J connectivity index is 3.43. The van der Waals surface area contributed by atoms with Crippen LogP contribution in [0.5, 0.6) is 0 Å². The Morgan fingerprint density at radius 3 is 1.56 bits per heavy atom. The highest BCUT2D eigenvalue weighted by Gasteiger charge is 2.16. The van der Waals surface area contributed by atoms with Crippen LogP contribution in [0.1, 0.15) is 13.8 Å². The van der Waals surface area contributed by atoms with Gasteiger partial charge in [0.2, 0.25) is 0 Å². The lowest BCUT2D eigenvalue weighted by atomic mass is 9.96. The van der Waals surface area contributed by atoms with Crippen molar-refractivity contribution in [1.29, 1.82) is 0 Å². The van der Waals surface area contributed by atoms with E-state index >= 15 is 0 Å². The second kappa shape index (κ2) is 3.85. The predicted molar refractivity (Wildman–Crippen MR) is 37.5 cm³/mol. The topological polar surface area (TPSA) is 18.5 Å². The summed E-state index contributed by atoms with van der Waals surface area (Å²) in [6.07, 6.45) is 0. The molecule has 0 unspecified atom stereocenters. The van der Waals surface area contributed by atoms with Gasteiger partial charge in [-0.25, -0.2) is 0 Å². The van der Waals surface area contributed by atoms with Crippen molar-refractivity contribution in [2.24, 2.45) is 5.41 Å². The van der Waals surface area contributed by atoms with Gasteiger partial charge in [-0.1, -0.05) is 13.8 Å². The van der Waals surface area contributed by atoms with E-state index in [1.165, 1.54) is 0 Å². The minimum Gasteiger partial charge on any atom is -0.384 e. The van der Waals surface area contributed by atoms with Crippen LogP contribution >= 0.6 is 0 Å².